The third kappa shape index (κ3) is 2.98. The van der Waals surface area contributed by atoms with Gasteiger partial charge in [0.15, 0.2) is 0 Å². The van der Waals surface area contributed by atoms with Crippen LogP contribution >= 0.6 is 0 Å². The third-order valence-electron chi connectivity index (χ3n) is 5.60. The van der Waals surface area contributed by atoms with E-state index in [9.17, 15) is 0 Å². The number of rotatable bonds is 2. The normalized spacial score (nSPS) is 18.6. The SMILES string of the molecule is Cc1ccc(-c2c3c(nn2-c2ccc(C)cc2)C(C)CC(C)(C)C3)cc1. The van der Waals surface area contributed by atoms with E-state index in [2.05, 4.69) is 87.8 Å². The van der Waals surface area contributed by atoms with Crippen molar-refractivity contribution in [2.45, 2.75) is 53.4 Å². The molecule has 0 N–H and O–H groups in total. The minimum Gasteiger partial charge on any atom is -0.233 e. The molecule has 3 aromatic rings. The fourth-order valence-corrected chi connectivity index (χ4v) is 4.39. The molecule has 1 aromatic heterocycles. The highest BCUT2D eigenvalue weighted by atomic mass is 15.3. The Morgan fingerprint density at radius 2 is 1.50 bits per heavy atom. The molecule has 134 valence electrons. The molecule has 0 amide bonds. The maximum absolute atomic E-state index is 5.11. The Kier molecular flexibility index (Phi) is 4.02. The van der Waals surface area contributed by atoms with E-state index in [1.165, 1.54) is 40.1 Å². The van der Waals surface area contributed by atoms with Gasteiger partial charge in [-0.05, 0) is 44.2 Å². The quantitative estimate of drug-likeness (QED) is 0.538. The zero-order valence-electron chi connectivity index (χ0n) is 16.5. The topological polar surface area (TPSA) is 17.8 Å². The summed E-state index contributed by atoms with van der Waals surface area (Å²) >= 11 is 0. The summed E-state index contributed by atoms with van der Waals surface area (Å²) in [6.07, 6.45) is 2.28. The molecule has 1 aliphatic rings. The highest BCUT2D eigenvalue weighted by Crippen LogP contribution is 2.45. The fourth-order valence-electron chi connectivity index (χ4n) is 4.39. The molecule has 0 aliphatic heterocycles. The highest BCUT2D eigenvalue weighted by Gasteiger charge is 2.35. The van der Waals surface area contributed by atoms with Gasteiger partial charge in [-0.1, -0.05) is 68.3 Å². The van der Waals surface area contributed by atoms with Crippen molar-refractivity contribution < 1.29 is 0 Å². The number of benzene rings is 2. The van der Waals surface area contributed by atoms with Crippen molar-refractivity contribution in [3.63, 3.8) is 0 Å². The first-order chi connectivity index (χ1) is 12.3. The summed E-state index contributed by atoms with van der Waals surface area (Å²) in [5, 5.41) is 5.11. The Bertz CT molecular complexity index is 928. The molecule has 1 aliphatic carbocycles. The molecular formula is C24H28N2. The van der Waals surface area contributed by atoms with Crippen molar-refractivity contribution in [2.75, 3.05) is 0 Å². The average Bonchev–Trinajstić information content (AvgIpc) is 2.94. The van der Waals surface area contributed by atoms with Crippen LogP contribution in [0.2, 0.25) is 0 Å². The zero-order valence-corrected chi connectivity index (χ0v) is 16.5. The molecule has 0 saturated carbocycles. The van der Waals surface area contributed by atoms with Crippen LogP contribution < -0.4 is 0 Å². The second-order valence-corrected chi connectivity index (χ2v) is 8.77. The molecule has 2 heteroatoms. The van der Waals surface area contributed by atoms with Gasteiger partial charge < -0.3 is 0 Å². The molecule has 0 bridgehead atoms. The van der Waals surface area contributed by atoms with Gasteiger partial charge in [-0.2, -0.15) is 5.10 Å². The summed E-state index contributed by atoms with van der Waals surface area (Å²) in [4.78, 5) is 0. The van der Waals surface area contributed by atoms with E-state index in [-0.39, 0.29) is 0 Å². The second kappa shape index (κ2) is 6.12. The van der Waals surface area contributed by atoms with Gasteiger partial charge in [0.2, 0.25) is 0 Å². The van der Waals surface area contributed by atoms with Crippen molar-refractivity contribution in [3.05, 3.63) is 70.9 Å². The van der Waals surface area contributed by atoms with Crippen molar-refractivity contribution in [1.82, 2.24) is 9.78 Å². The van der Waals surface area contributed by atoms with Gasteiger partial charge in [0.25, 0.3) is 0 Å². The lowest BCUT2D eigenvalue weighted by Gasteiger charge is -2.33. The molecule has 0 saturated heterocycles. The first-order valence-electron chi connectivity index (χ1n) is 9.60. The summed E-state index contributed by atoms with van der Waals surface area (Å²) < 4.78 is 2.17. The third-order valence-corrected chi connectivity index (χ3v) is 5.60. The van der Waals surface area contributed by atoms with Gasteiger partial charge in [0.1, 0.15) is 0 Å². The molecule has 0 fully saturated rings. The molecule has 0 spiro atoms. The summed E-state index contributed by atoms with van der Waals surface area (Å²) in [5.41, 5.74) is 9.25. The number of fused-ring (bicyclic) bond motifs is 1. The molecule has 26 heavy (non-hydrogen) atoms. The molecule has 1 heterocycles. The molecular weight excluding hydrogens is 316 g/mol. The molecule has 2 nitrogen and oxygen atoms in total. The van der Waals surface area contributed by atoms with Crippen LogP contribution in [-0.2, 0) is 6.42 Å². The van der Waals surface area contributed by atoms with Gasteiger partial charge in [-0.3, -0.25) is 0 Å². The number of aromatic nitrogens is 2. The Morgan fingerprint density at radius 1 is 0.923 bits per heavy atom. The lowest BCUT2D eigenvalue weighted by Crippen LogP contribution is -2.24. The number of hydrogen-bond acceptors (Lipinski definition) is 1. The minimum atomic E-state index is 0.313. The van der Waals surface area contributed by atoms with Crippen molar-refractivity contribution >= 4 is 0 Å². The van der Waals surface area contributed by atoms with E-state index in [1.807, 2.05) is 0 Å². The van der Waals surface area contributed by atoms with E-state index in [4.69, 9.17) is 5.10 Å². The molecule has 4 rings (SSSR count). The van der Waals surface area contributed by atoms with Gasteiger partial charge in [-0.15, -0.1) is 0 Å². The van der Waals surface area contributed by atoms with Crippen LogP contribution in [0.5, 0.6) is 0 Å². The van der Waals surface area contributed by atoms with Crippen LogP contribution in [0.25, 0.3) is 16.9 Å². The van der Waals surface area contributed by atoms with Crippen LogP contribution in [0.1, 0.15) is 55.5 Å². The van der Waals surface area contributed by atoms with E-state index in [0.717, 1.165) is 12.1 Å². The Balaban J connectivity index is 1.97. The maximum atomic E-state index is 5.11. The standard InChI is InChI=1S/C24H28N2/c1-16-6-10-19(11-7-16)23-21-15-24(4,5)14-18(3)22(21)25-26(23)20-12-8-17(2)9-13-20/h6-13,18H,14-15H2,1-5H3. The maximum Gasteiger partial charge on any atom is 0.0776 e. The fraction of sp³-hybridized carbons (Fsp3) is 0.375. The van der Waals surface area contributed by atoms with E-state index >= 15 is 0 Å². The lowest BCUT2D eigenvalue weighted by atomic mass is 9.71. The van der Waals surface area contributed by atoms with E-state index in [1.54, 1.807) is 0 Å². The summed E-state index contributed by atoms with van der Waals surface area (Å²) in [5.74, 6) is 0.490. The van der Waals surface area contributed by atoms with Gasteiger partial charge in [-0.25, -0.2) is 4.68 Å². The van der Waals surface area contributed by atoms with E-state index in [0.29, 0.717) is 11.3 Å². The predicted octanol–water partition coefficient (Wildman–Crippen LogP) is 6.23. The highest BCUT2D eigenvalue weighted by molar-refractivity contribution is 5.68. The summed E-state index contributed by atoms with van der Waals surface area (Å²) in [6.45, 7) is 11.4. The molecule has 1 atom stereocenters. The van der Waals surface area contributed by atoms with Crippen molar-refractivity contribution in [3.8, 4) is 16.9 Å². The summed E-state index contributed by atoms with van der Waals surface area (Å²) in [7, 11) is 0. The first-order valence-corrected chi connectivity index (χ1v) is 9.60. The van der Waals surface area contributed by atoms with Gasteiger partial charge in [0.05, 0.1) is 17.1 Å². The van der Waals surface area contributed by atoms with Crippen LogP contribution in [0, 0.1) is 19.3 Å². The molecule has 2 aromatic carbocycles. The Labute approximate surface area is 156 Å². The average molecular weight is 345 g/mol. The number of nitrogens with zero attached hydrogens (tertiary/aromatic N) is 2. The minimum absolute atomic E-state index is 0.313. The van der Waals surface area contributed by atoms with Gasteiger partial charge >= 0.3 is 0 Å². The van der Waals surface area contributed by atoms with Crippen LogP contribution in [-0.4, -0.2) is 9.78 Å². The second-order valence-electron chi connectivity index (χ2n) is 8.77. The van der Waals surface area contributed by atoms with E-state index < -0.39 is 0 Å². The molecule has 1 unspecified atom stereocenters. The monoisotopic (exact) mass is 344 g/mol. The number of aryl methyl sites for hydroxylation is 2. The predicted molar refractivity (Wildman–Crippen MR) is 109 cm³/mol. The number of hydrogen-bond donors (Lipinski definition) is 0. The van der Waals surface area contributed by atoms with Crippen molar-refractivity contribution in [1.29, 1.82) is 0 Å². The largest absolute Gasteiger partial charge is 0.233 e. The molecule has 0 radical (unpaired) electrons. The van der Waals surface area contributed by atoms with Crippen LogP contribution in [0.4, 0.5) is 0 Å². The van der Waals surface area contributed by atoms with Crippen LogP contribution in [0.15, 0.2) is 48.5 Å². The van der Waals surface area contributed by atoms with Crippen LogP contribution in [0.3, 0.4) is 0 Å². The summed E-state index contributed by atoms with van der Waals surface area (Å²) in [6, 6.07) is 17.6. The zero-order chi connectivity index (χ0) is 18.5. The van der Waals surface area contributed by atoms with Crippen molar-refractivity contribution in [2.24, 2.45) is 5.41 Å². The lowest BCUT2D eigenvalue weighted by molar-refractivity contribution is 0.286. The Morgan fingerprint density at radius 3 is 2.12 bits per heavy atom. The van der Waals surface area contributed by atoms with Gasteiger partial charge in [0, 0.05) is 17.0 Å². The first kappa shape index (κ1) is 17.1. The smallest absolute Gasteiger partial charge is 0.0776 e. The Hall–Kier alpha value is -2.35.